The SMILES string of the molecule is O=C1CCN(c2cccc(F)c2)C(=O)CN1. The van der Waals surface area contributed by atoms with Gasteiger partial charge in [-0.05, 0) is 18.2 Å². The number of benzene rings is 1. The van der Waals surface area contributed by atoms with Crippen LogP contribution in [0, 0.1) is 5.82 Å². The maximum atomic E-state index is 13.0. The topological polar surface area (TPSA) is 49.4 Å². The average molecular weight is 222 g/mol. The van der Waals surface area contributed by atoms with Gasteiger partial charge < -0.3 is 10.2 Å². The van der Waals surface area contributed by atoms with E-state index in [4.69, 9.17) is 0 Å². The summed E-state index contributed by atoms with van der Waals surface area (Å²) in [5.74, 6) is -0.780. The van der Waals surface area contributed by atoms with E-state index >= 15 is 0 Å². The lowest BCUT2D eigenvalue weighted by Crippen LogP contribution is -2.35. The van der Waals surface area contributed by atoms with Gasteiger partial charge in [-0.3, -0.25) is 9.59 Å². The minimum Gasteiger partial charge on any atom is -0.347 e. The second kappa shape index (κ2) is 4.30. The van der Waals surface area contributed by atoms with E-state index in [9.17, 15) is 14.0 Å². The van der Waals surface area contributed by atoms with Crippen LogP contribution in [0.5, 0.6) is 0 Å². The molecule has 2 amide bonds. The van der Waals surface area contributed by atoms with E-state index in [2.05, 4.69) is 5.32 Å². The molecule has 0 atom stereocenters. The summed E-state index contributed by atoms with van der Waals surface area (Å²) in [7, 11) is 0. The van der Waals surface area contributed by atoms with Gasteiger partial charge in [0.1, 0.15) is 5.82 Å². The average Bonchev–Trinajstić information content (AvgIpc) is 2.42. The van der Waals surface area contributed by atoms with Gasteiger partial charge in [-0.25, -0.2) is 4.39 Å². The summed E-state index contributed by atoms with van der Waals surface area (Å²) in [6.07, 6.45) is 0.238. The van der Waals surface area contributed by atoms with Crippen molar-refractivity contribution in [2.24, 2.45) is 0 Å². The van der Waals surface area contributed by atoms with Gasteiger partial charge in [-0.1, -0.05) is 6.07 Å². The number of nitrogens with one attached hydrogen (secondary N) is 1. The minimum absolute atomic E-state index is 0.0324. The zero-order valence-electron chi connectivity index (χ0n) is 8.57. The number of anilines is 1. The van der Waals surface area contributed by atoms with Crippen molar-refractivity contribution in [3.05, 3.63) is 30.1 Å². The van der Waals surface area contributed by atoms with Crippen LogP contribution in [0.25, 0.3) is 0 Å². The van der Waals surface area contributed by atoms with Gasteiger partial charge in [-0.2, -0.15) is 0 Å². The fourth-order valence-electron chi connectivity index (χ4n) is 1.61. The third-order valence-corrected chi connectivity index (χ3v) is 2.42. The Bertz CT molecular complexity index is 434. The van der Waals surface area contributed by atoms with E-state index in [0.29, 0.717) is 5.69 Å². The standard InChI is InChI=1S/C11H11FN2O2/c12-8-2-1-3-9(6-8)14-5-4-10(15)13-7-11(14)16/h1-3,6H,4-5,7H2,(H,13,15). The fourth-order valence-corrected chi connectivity index (χ4v) is 1.61. The molecule has 1 heterocycles. The molecule has 0 saturated carbocycles. The molecule has 4 nitrogen and oxygen atoms in total. The zero-order chi connectivity index (χ0) is 11.5. The van der Waals surface area contributed by atoms with Crippen molar-refractivity contribution in [1.82, 2.24) is 5.32 Å². The Kier molecular flexibility index (Phi) is 2.85. The van der Waals surface area contributed by atoms with Crippen LogP contribution in [0.15, 0.2) is 24.3 Å². The lowest BCUT2D eigenvalue weighted by molar-refractivity contribution is -0.123. The van der Waals surface area contributed by atoms with E-state index in [-0.39, 0.29) is 31.3 Å². The van der Waals surface area contributed by atoms with Crippen LogP contribution in [0.2, 0.25) is 0 Å². The van der Waals surface area contributed by atoms with Gasteiger partial charge in [0.25, 0.3) is 0 Å². The quantitative estimate of drug-likeness (QED) is 0.759. The number of hydrogen-bond acceptors (Lipinski definition) is 2. The van der Waals surface area contributed by atoms with Gasteiger partial charge in [0.15, 0.2) is 0 Å². The Balaban J connectivity index is 2.25. The van der Waals surface area contributed by atoms with E-state index in [1.807, 2.05) is 0 Å². The maximum absolute atomic E-state index is 13.0. The number of carbonyl (C=O) groups is 2. The Morgan fingerprint density at radius 3 is 2.88 bits per heavy atom. The number of carbonyl (C=O) groups excluding carboxylic acids is 2. The summed E-state index contributed by atoms with van der Waals surface area (Å²) >= 11 is 0. The highest BCUT2D eigenvalue weighted by molar-refractivity contribution is 5.98. The molecule has 0 radical (unpaired) electrons. The second-order valence-electron chi connectivity index (χ2n) is 3.55. The Labute approximate surface area is 92.0 Å². The maximum Gasteiger partial charge on any atom is 0.246 e. The largest absolute Gasteiger partial charge is 0.347 e. The van der Waals surface area contributed by atoms with Crippen molar-refractivity contribution >= 4 is 17.5 Å². The van der Waals surface area contributed by atoms with E-state index in [0.717, 1.165) is 0 Å². The third kappa shape index (κ3) is 2.18. The van der Waals surface area contributed by atoms with E-state index in [1.165, 1.54) is 23.1 Å². The van der Waals surface area contributed by atoms with Crippen LogP contribution in [0.1, 0.15) is 6.42 Å². The Morgan fingerprint density at radius 1 is 1.31 bits per heavy atom. The molecule has 0 unspecified atom stereocenters. The molecular formula is C11H11FN2O2. The van der Waals surface area contributed by atoms with Crippen LogP contribution in [0.3, 0.4) is 0 Å². The van der Waals surface area contributed by atoms with Crippen molar-refractivity contribution in [2.75, 3.05) is 18.0 Å². The molecule has 0 spiro atoms. The van der Waals surface area contributed by atoms with Gasteiger partial charge in [-0.15, -0.1) is 0 Å². The molecule has 1 saturated heterocycles. The van der Waals surface area contributed by atoms with Crippen LogP contribution in [-0.4, -0.2) is 24.9 Å². The van der Waals surface area contributed by atoms with E-state index in [1.54, 1.807) is 6.07 Å². The number of halogens is 1. The zero-order valence-corrected chi connectivity index (χ0v) is 8.57. The first-order chi connectivity index (χ1) is 7.66. The summed E-state index contributed by atoms with van der Waals surface area (Å²) in [6, 6.07) is 5.79. The highest BCUT2D eigenvalue weighted by Gasteiger charge is 2.21. The van der Waals surface area contributed by atoms with Gasteiger partial charge in [0.2, 0.25) is 11.8 Å². The molecule has 0 aromatic heterocycles. The Morgan fingerprint density at radius 2 is 2.12 bits per heavy atom. The molecule has 1 N–H and O–H groups in total. The number of hydrogen-bond donors (Lipinski definition) is 1. The van der Waals surface area contributed by atoms with Crippen LogP contribution < -0.4 is 10.2 Å². The second-order valence-corrected chi connectivity index (χ2v) is 3.55. The first kappa shape index (κ1) is 10.6. The summed E-state index contributed by atoms with van der Waals surface area (Å²) in [6.45, 7) is 0.253. The summed E-state index contributed by atoms with van der Waals surface area (Å²) in [5.41, 5.74) is 0.488. The van der Waals surface area contributed by atoms with Crippen molar-refractivity contribution in [1.29, 1.82) is 0 Å². The van der Waals surface area contributed by atoms with Crippen molar-refractivity contribution < 1.29 is 14.0 Å². The number of nitrogens with zero attached hydrogens (tertiary/aromatic N) is 1. The summed E-state index contributed by atoms with van der Waals surface area (Å²) < 4.78 is 13.0. The summed E-state index contributed by atoms with van der Waals surface area (Å²) in [5, 5.41) is 2.48. The van der Waals surface area contributed by atoms with Crippen molar-refractivity contribution in [2.45, 2.75) is 6.42 Å². The fraction of sp³-hybridized carbons (Fsp3) is 0.273. The highest BCUT2D eigenvalue weighted by atomic mass is 19.1. The van der Waals surface area contributed by atoms with Crippen molar-refractivity contribution in [3.8, 4) is 0 Å². The molecule has 1 fully saturated rings. The summed E-state index contributed by atoms with van der Waals surface area (Å²) in [4.78, 5) is 24.2. The smallest absolute Gasteiger partial charge is 0.246 e. The molecular weight excluding hydrogens is 211 g/mol. The predicted molar refractivity (Wildman–Crippen MR) is 56.4 cm³/mol. The first-order valence-corrected chi connectivity index (χ1v) is 4.99. The third-order valence-electron chi connectivity index (χ3n) is 2.42. The van der Waals surface area contributed by atoms with E-state index < -0.39 is 5.82 Å². The first-order valence-electron chi connectivity index (χ1n) is 4.99. The molecule has 1 aromatic rings. The molecule has 5 heteroatoms. The highest BCUT2D eigenvalue weighted by Crippen LogP contribution is 2.16. The van der Waals surface area contributed by atoms with Crippen LogP contribution in [0.4, 0.5) is 10.1 Å². The molecule has 84 valence electrons. The molecule has 2 rings (SSSR count). The lowest BCUT2D eigenvalue weighted by Gasteiger charge is -2.19. The number of rotatable bonds is 1. The van der Waals surface area contributed by atoms with Crippen LogP contribution in [-0.2, 0) is 9.59 Å². The minimum atomic E-state index is -0.395. The molecule has 0 bridgehead atoms. The van der Waals surface area contributed by atoms with Gasteiger partial charge in [0.05, 0.1) is 6.54 Å². The monoisotopic (exact) mass is 222 g/mol. The lowest BCUT2D eigenvalue weighted by atomic mass is 10.2. The Hall–Kier alpha value is -1.91. The molecule has 1 aliphatic rings. The van der Waals surface area contributed by atoms with Gasteiger partial charge >= 0.3 is 0 Å². The molecule has 16 heavy (non-hydrogen) atoms. The van der Waals surface area contributed by atoms with Crippen LogP contribution >= 0.6 is 0 Å². The number of amides is 2. The van der Waals surface area contributed by atoms with Gasteiger partial charge in [0, 0.05) is 18.7 Å². The molecule has 1 aliphatic heterocycles. The molecule has 0 aliphatic carbocycles. The normalized spacial score (nSPS) is 16.9. The molecule has 1 aromatic carbocycles. The van der Waals surface area contributed by atoms with Crippen molar-refractivity contribution in [3.63, 3.8) is 0 Å². The predicted octanol–water partition coefficient (Wildman–Crippen LogP) is 0.679.